The zero-order valence-corrected chi connectivity index (χ0v) is 16.3. The maximum atomic E-state index is 12.8. The van der Waals surface area contributed by atoms with Gasteiger partial charge in [0.25, 0.3) is 0 Å². The Morgan fingerprint density at radius 3 is 2.42 bits per heavy atom. The van der Waals surface area contributed by atoms with Gasteiger partial charge in [-0.15, -0.1) is 0 Å². The Bertz CT molecular complexity index is 1040. The minimum absolute atomic E-state index is 0.136. The lowest BCUT2D eigenvalue weighted by molar-refractivity contribution is 0.533. The van der Waals surface area contributed by atoms with Crippen LogP contribution in [0.15, 0.2) is 59.5 Å². The molecule has 0 radical (unpaired) electrons. The van der Waals surface area contributed by atoms with E-state index in [2.05, 4.69) is 14.9 Å². The monoisotopic (exact) mass is 408 g/mol. The van der Waals surface area contributed by atoms with Gasteiger partial charge in [0.05, 0.1) is 10.9 Å². The second-order valence-corrected chi connectivity index (χ2v) is 8.30. The van der Waals surface area contributed by atoms with Gasteiger partial charge in [-0.1, -0.05) is 41.9 Å². The van der Waals surface area contributed by atoms with Gasteiger partial charge in [0.1, 0.15) is 5.82 Å². The molecule has 136 valence electrons. The van der Waals surface area contributed by atoms with E-state index >= 15 is 0 Å². The predicted molar refractivity (Wildman–Crippen MR) is 103 cm³/mol. The average Bonchev–Trinajstić information content (AvgIpc) is 2.95. The fourth-order valence-electron chi connectivity index (χ4n) is 2.58. The molecule has 1 heterocycles. The van der Waals surface area contributed by atoms with Crippen molar-refractivity contribution < 1.29 is 8.42 Å². The first-order valence-electron chi connectivity index (χ1n) is 7.80. The van der Waals surface area contributed by atoms with Gasteiger partial charge in [-0.25, -0.2) is 13.1 Å². The summed E-state index contributed by atoms with van der Waals surface area (Å²) in [6.45, 7) is 0. The first-order chi connectivity index (χ1) is 12.4. The van der Waals surface area contributed by atoms with Crippen LogP contribution in [0.2, 0.25) is 5.02 Å². The first-order valence-corrected chi connectivity index (χ1v) is 10.1. The molecular formula is C17H17ClN4O2S2. The summed E-state index contributed by atoms with van der Waals surface area (Å²) in [6, 6.07) is 15.0. The summed E-state index contributed by atoms with van der Waals surface area (Å²) in [6.07, 6.45) is 0.432. The molecule has 2 aromatic carbocycles. The van der Waals surface area contributed by atoms with Gasteiger partial charge in [0.15, 0.2) is 4.77 Å². The highest BCUT2D eigenvalue weighted by molar-refractivity contribution is 7.89. The average molecular weight is 409 g/mol. The Morgan fingerprint density at radius 1 is 1.19 bits per heavy atom. The number of nitrogens with zero attached hydrogens (tertiary/aromatic N) is 2. The molecule has 0 bridgehead atoms. The second kappa shape index (κ2) is 7.71. The van der Waals surface area contributed by atoms with Crippen LogP contribution in [0.25, 0.3) is 0 Å². The third kappa shape index (κ3) is 4.21. The highest BCUT2D eigenvalue weighted by atomic mass is 35.5. The zero-order valence-electron chi connectivity index (χ0n) is 13.9. The molecular weight excluding hydrogens is 392 g/mol. The summed E-state index contributed by atoms with van der Waals surface area (Å²) in [5.41, 5.74) is 0.977. The molecule has 3 aromatic rings. The van der Waals surface area contributed by atoms with E-state index in [0.717, 1.165) is 5.56 Å². The summed E-state index contributed by atoms with van der Waals surface area (Å²) >= 11 is 11.0. The maximum absolute atomic E-state index is 12.8. The summed E-state index contributed by atoms with van der Waals surface area (Å²) in [4.78, 5) is 0.136. The number of aromatic amines is 1. The number of sulfonamides is 1. The smallest absolute Gasteiger partial charge is 0.241 e. The van der Waals surface area contributed by atoms with Crippen molar-refractivity contribution in [1.29, 1.82) is 0 Å². The molecule has 0 fully saturated rings. The normalized spacial score (nSPS) is 12.8. The molecule has 0 aliphatic rings. The lowest BCUT2D eigenvalue weighted by Crippen LogP contribution is -2.32. The molecule has 0 saturated carbocycles. The highest BCUT2D eigenvalue weighted by Gasteiger charge is 2.25. The van der Waals surface area contributed by atoms with E-state index in [-0.39, 0.29) is 4.90 Å². The molecule has 0 unspecified atom stereocenters. The molecule has 26 heavy (non-hydrogen) atoms. The third-order valence-corrected chi connectivity index (χ3v) is 6.03. The Hall–Kier alpha value is -2.00. The van der Waals surface area contributed by atoms with Crippen LogP contribution < -0.4 is 4.72 Å². The molecule has 0 spiro atoms. The van der Waals surface area contributed by atoms with Gasteiger partial charge in [0.2, 0.25) is 10.0 Å². The van der Waals surface area contributed by atoms with Gasteiger partial charge in [-0.3, -0.25) is 5.10 Å². The quantitative estimate of drug-likeness (QED) is 0.612. The maximum Gasteiger partial charge on any atom is 0.241 e. The lowest BCUT2D eigenvalue weighted by atomic mass is 10.1. The molecule has 0 saturated heterocycles. The number of hydrogen-bond donors (Lipinski definition) is 2. The molecule has 6 nitrogen and oxygen atoms in total. The summed E-state index contributed by atoms with van der Waals surface area (Å²) in [5, 5.41) is 7.37. The van der Waals surface area contributed by atoms with Crippen molar-refractivity contribution in [2.24, 2.45) is 7.05 Å². The molecule has 0 aliphatic carbocycles. The van der Waals surface area contributed by atoms with Crippen LogP contribution in [0.4, 0.5) is 0 Å². The van der Waals surface area contributed by atoms with Crippen molar-refractivity contribution in [2.45, 2.75) is 17.4 Å². The van der Waals surface area contributed by atoms with E-state index < -0.39 is 16.1 Å². The minimum Gasteiger partial charge on any atom is -0.306 e. The SMILES string of the molecule is Cn1c([C@H](Cc2ccccc2)NS(=O)(=O)c2ccc(Cl)cc2)n[nH]c1=S. The van der Waals surface area contributed by atoms with Crippen LogP contribution in [0, 0.1) is 4.77 Å². The zero-order chi connectivity index (χ0) is 18.7. The summed E-state index contributed by atoms with van der Waals surface area (Å²) < 4.78 is 30.4. The Morgan fingerprint density at radius 2 is 1.85 bits per heavy atom. The number of hydrogen-bond acceptors (Lipinski definition) is 4. The van der Waals surface area contributed by atoms with Gasteiger partial charge < -0.3 is 4.57 Å². The number of nitrogens with one attached hydrogen (secondary N) is 2. The fourth-order valence-corrected chi connectivity index (χ4v) is 4.03. The van der Waals surface area contributed by atoms with Crippen molar-refractivity contribution in [2.75, 3.05) is 0 Å². The number of benzene rings is 2. The Kier molecular flexibility index (Phi) is 5.57. The first kappa shape index (κ1) is 18.8. The molecule has 1 aromatic heterocycles. The minimum atomic E-state index is -3.76. The van der Waals surface area contributed by atoms with Gasteiger partial charge in [0, 0.05) is 12.1 Å². The summed E-state index contributed by atoms with van der Waals surface area (Å²) in [7, 11) is -2.02. The van der Waals surface area contributed by atoms with E-state index in [1.54, 1.807) is 11.6 Å². The second-order valence-electron chi connectivity index (χ2n) is 5.76. The largest absolute Gasteiger partial charge is 0.306 e. The van der Waals surface area contributed by atoms with Crippen LogP contribution in [0.5, 0.6) is 0 Å². The molecule has 1 atom stereocenters. The van der Waals surface area contributed by atoms with Gasteiger partial charge in [-0.05, 0) is 48.5 Å². The van der Waals surface area contributed by atoms with E-state index in [1.807, 2.05) is 30.3 Å². The molecule has 2 N–H and O–H groups in total. The lowest BCUT2D eigenvalue weighted by Gasteiger charge is -2.18. The topological polar surface area (TPSA) is 79.8 Å². The Balaban J connectivity index is 1.96. The van der Waals surface area contributed by atoms with Gasteiger partial charge >= 0.3 is 0 Å². The molecule has 3 rings (SSSR count). The van der Waals surface area contributed by atoms with Crippen molar-refractivity contribution in [3.05, 3.63) is 75.8 Å². The molecule has 0 aliphatic heterocycles. The van der Waals surface area contributed by atoms with E-state index in [1.165, 1.54) is 24.3 Å². The highest BCUT2D eigenvalue weighted by Crippen LogP contribution is 2.21. The van der Waals surface area contributed by atoms with Crippen LogP contribution in [-0.2, 0) is 23.5 Å². The van der Waals surface area contributed by atoms with Gasteiger partial charge in [-0.2, -0.15) is 5.10 Å². The van der Waals surface area contributed by atoms with E-state index in [9.17, 15) is 8.42 Å². The fraction of sp³-hybridized carbons (Fsp3) is 0.176. The molecule has 0 amide bonds. The summed E-state index contributed by atoms with van der Waals surface area (Å²) in [5.74, 6) is 0.511. The standard InChI is InChI=1S/C17H17ClN4O2S2/c1-22-16(19-20-17(22)25)15(11-12-5-3-2-4-6-12)21-26(23,24)14-9-7-13(18)8-10-14/h2-10,15,21H,11H2,1H3,(H,20,25)/t15-/m0/s1. The van der Waals surface area contributed by atoms with Crippen LogP contribution >= 0.6 is 23.8 Å². The van der Waals surface area contributed by atoms with Crippen LogP contribution in [0.1, 0.15) is 17.4 Å². The molecule has 9 heteroatoms. The van der Waals surface area contributed by atoms with E-state index in [0.29, 0.717) is 22.0 Å². The van der Waals surface area contributed by atoms with Crippen molar-refractivity contribution in [1.82, 2.24) is 19.5 Å². The number of rotatable bonds is 6. The predicted octanol–water partition coefficient (Wildman–Crippen LogP) is 3.39. The third-order valence-electron chi connectivity index (χ3n) is 3.93. The van der Waals surface area contributed by atoms with Crippen LogP contribution in [0.3, 0.4) is 0 Å². The van der Waals surface area contributed by atoms with Crippen molar-refractivity contribution >= 4 is 33.8 Å². The number of halogens is 1. The van der Waals surface area contributed by atoms with Crippen LogP contribution in [-0.4, -0.2) is 23.2 Å². The number of aromatic nitrogens is 3. The Labute approximate surface area is 161 Å². The van der Waals surface area contributed by atoms with Crippen molar-refractivity contribution in [3.63, 3.8) is 0 Å². The van der Waals surface area contributed by atoms with E-state index in [4.69, 9.17) is 23.8 Å². The number of H-pyrrole nitrogens is 1. The van der Waals surface area contributed by atoms with Crippen molar-refractivity contribution in [3.8, 4) is 0 Å².